The number of aliphatic hydroxyl groups excluding tert-OH is 1. The third-order valence-electron chi connectivity index (χ3n) is 3.51. The highest BCUT2D eigenvalue weighted by atomic mass is 16.3. The number of aliphatic hydroxyl groups is 1. The summed E-state index contributed by atoms with van der Waals surface area (Å²) in [7, 11) is 1.92. The van der Waals surface area contributed by atoms with Crippen molar-refractivity contribution < 1.29 is 5.11 Å². The van der Waals surface area contributed by atoms with Crippen molar-refractivity contribution in [3.63, 3.8) is 0 Å². The molecule has 0 aliphatic rings. The van der Waals surface area contributed by atoms with Crippen LogP contribution in [0.1, 0.15) is 44.9 Å². The van der Waals surface area contributed by atoms with Crippen molar-refractivity contribution in [2.24, 2.45) is 13.0 Å². The van der Waals surface area contributed by atoms with Crippen molar-refractivity contribution in [3.8, 4) is 0 Å². The second kappa shape index (κ2) is 5.53. The first-order valence-corrected chi connectivity index (χ1v) is 6.73. The van der Waals surface area contributed by atoms with Crippen LogP contribution in [0.2, 0.25) is 0 Å². The zero-order valence-electron chi connectivity index (χ0n) is 11.4. The van der Waals surface area contributed by atoms with Gasteiger partial charge in [-0.3, -0.25) is 4.68 Å². The quantitative estimate of drug-likeness (QED) is 0.877. The minimum atomic E-state index is -0.461. The van der Waals surface area contributed by atoms with Crippen LogP contribution in [-0.4, -0.2) is 14.9 Å². The van der Waals surface area contributed by atoms with Gasteiger partial charge in [-0.05, 0) is 18.4 Å². The van der Waals surface area contributed by atoms with Gasteiger partial charge in [-0.1, -0.05) is 44.9 Å². The number of benzene rings is 1. The van der Waals surface area contributed by atoms with E-state index in [1.54, 1.807) is 0 Å². The Morgan fingerprint density at radius 1 is 1.33 bits per heavy atom. The van der Waals surface area contributed by atoms with E-state index in [2.05, 4.69) is 18.9 Å². The summed E-state index contributed by atoms with van der Waals surface area (Å²) >= 11 is 0. The summed E-state index contributed by atoms with van der Waals surface area (Å²) < 4.78 is 1.85. The Morgan fingerprint density at radius 3 is 2.78 bits per heavy atom. The molecule has 0 spiro atoms. The molecule has 2 atom stereocenters. The molecule has 0 aliphatic heterocycles. The van der Waals surface area contributed by atoms with Gasteiger partial charge in [0.05, 0.1) is 17.3 Å². The van der Waals surface area contributed by atoms with Gasteiger partial charge < -0.3 is 5.11 Å². The van der Waals surface area contributed by atoms with Crippen LogP contribution < -0.4 is 0 Å². The van der Waals surface area contributed by atoms with Gasteiger partial charge in [0.25, 0.3) is 0 Å². The number of aryl methyl sites for hydroxylation is 1. The maximum absolute atomic E-state index is 10.4. The van der Waals surface area contributed by atoms with Crippen LogP contribution in [0.15, 0.2) is 24.3 Å². The van der Waals surface area contributed by atoms with Gasteiger partial charge in [0.15, 0.2) is 0 Å². The Bertz CT molecular complexity index is 518. The number of fused-ring (bicyclic) bond motifs is 1. The zero-order chi connectivity index (χ0) is 13.1. The highest BCUT2D eigenvalue weighted by molar-refractivity contribution is 5.82. The molecule has 98 valence electrons. The lowest BCUT2D eigenvalue weighted by molar-refractivity contribution is 0.141. The number of hydrogen-bond donors (Lipinski definition) is 1. The van der Waals surface area contributed by atoms with E-state index in [-0.39, 0.29) is 0 Å². The van der Waals surface area contributed by atoms with Gasteiger partial charge in [-0.2, -0.15) is 5.10 Å². The predicted molar refractivity (Wildman–Crippen MR) is 74.4 cm³/mol. The standard InChI is InChI=1S/C15H22N2O/c1-4-7-11(2)10-14(18)15-12-8-5-6-9-13(12)17(3)16-15/h5-6,8-9,11,14,18H,4,7,10H2,1-3H3. The number of hydrogen-bond acceptors (Lipinski definition) is 2. The fourth-order valence-electron chi connectivity index (χ4n) is 2.59. The molecule has 18 heavy (non-hydrogen) atoms. The summed E-state index contributed by atoms with van der Waals surface area (Å²) in [6, 6.07) is 8.06. The molecule has 0 bridgehead atoms. The zero-order valence-corrected chi connectivity index (χ0v) is 11.4. The molecule has 0 amide bonds. The van der Waals surface area contributed by atoms with Crippen molar-refractivity contribution in [2.75, 3.05) is 0 Å². The lowest BCUT2D eigenvalue weighted by Gasteiger charge is -2.14. The van der Waals surface area contributed by atoms with Crippen LogP contribution in [0.5, 0.6) is 0 Å². The van der Waals surface area contributed by atoms with Crippen LogP contribution >= 0.6 is 0 Å². The van der Waals surface area contributed by atoms with Crippen molar-refractivity contribution in [1.29, 1.82) is 0 Å². The number of nitrogens with zero attached hydrogens (tertiary/aromatic N) is 2. The van der Waals surface area contributed by atoms with Gasteiger partial charge in [-0.25, -0.2) is 0 Å². The Morgan fingerprint density at radius 2 is 2.06 bits per heavy atom. The number of para-hydroxylation sites is 1. The lowest BCUT2D eigenvalue weighted by atomic mass is 9.96. The second-order valence-corrected chi connectivity index (χ2v) is 5.17. The number of aromatic nitrogens is 2. The van der Waals surface area contributed by atoms with Crippen LogP contribution in [0.25, 0.3) is 10.9 Å². The Labute approximate surface area is 108 Å². The molecule has 2 aromatic rings. The van der Waals surface area contributed by atoms with Crippen LogP contribution in [-0.2, 0) is 7.05 Å². The molecular formula is C15H22N2O. The summed E-state index contributed by atoms with van der Waals surface area (Å²) in [5.41, 5.74) is 1.89. The first kappa shape index (κ1) is 13.1. The van der Waals surface area contributed by atoms with Gasteiger partial charge in [0.1, 0.15) is 0 Å². The Hall–Kier alpha value is -1.35. The van der Waals surface area contributed by atoms with Crippen LogP contribution in [0.3, 0.4) is 0 Å². The molecule has 0 radical (unpaired) electrons. The maximum atomic E-state index is 10.4. The average Bonchev–Trinajstić information content (AvgIpc) is 2.68. The van der Waals surface area contributed by atoms with Crippen molar-refractivity contribution in [2.45, 2.75) is 39.2 Å². The van der Waals surface area contributed by atoms with E-state index in [0.717, 1.165) is 35.9 Å². The molecule has 0 saturated heterocycles. The van der Waals surface area contributed by atoms with Crippen molar-refractivity contribution in [1.82, 2.24) is 9.78 Å². The van der Waals surface area contributed by atoms with E-state index in [9.17, 15) is 5.11 Å². The third kappa shape index (κ3) is 2.56. The molecule has 0 fully saturated rings. The predicted octanol–water partition coefficient (Wildman–Crippen LogP) is 3.43. The minimum Gasteiger partial charge on any atom is -0.387 e. The molecule has 0 saturated carbocycles. The molecule has 3 heteroatoms. The largest absolute Gasteiger partial charge is 0.387 e. The molecule has 1 N–H and O–H groups in total. The van der Waals surface area contributed by atoms with Crippen molar-refractivity contribution in [3.05, 3.63) is 30.0 Å². The molecule has 2 rings (SSSR count). The van der Waals surface area contributed by atoms with E-state index in [1.165, 1.54) is 0 Å². The average molecular weight is 246 g/mol. The van der Waals surface area contributed by atoms with E-state index < -0.39 is 6.10 Å². The topological polar surface area (TPSA) is 38.1 Å². The van der Waals surface area contributed by atoms with Crippen molar-refractivity contribution >= 4 is 10.9 Å². The van der Waals surface area contributed by atoms with Gasteiger partial charge in [-0.15, -0.1) is 0 Å². The minimum absolute atomic E-state index is 0.461. The summed E-state index contributed by atoms with van der Waals surface area (Å²) in [5.74, 6) is 0.533. The second-order valence-electron chi connectivity index (χ2n) is 5.17. The first-order valence-electron chi connectivity index (χ1n) is 6.73. The van der Waals surface area contributed by atoms with E-state index in [4.69, 9.17) is 0 Å². The Kier molecular flexibility index (Phi) is 4.02. The maximum Gasteiger partial charge on any atom is 0.0988 e. The molecule has 3 nitrogen and oxygen atoms in total. The molecular weight excluding hydrogens is 224 g/mol. The lowest BCUT2D eigenvalue weighted by Crippen LogP contribution is -2.06. The molecule has 1 heterocycles. The summed E-state index contributed by atoms with van der Waals surface area (Å²) in [6.45, 7) is 4.37. The fourth-order valence-corrected chi connectivity index (χ4v) is 2.59. The number of rotatable bonds is 5. The Balaban J connectivity index is 2.25. The van der Waals surface area contributed by atoms with E-state index >= 15 is 0 Å². The molecule has 1 aromatic carbocycles. The van der Waals surface area contributed by atoms with Crippen LogP contribution in [0.4, 0.5) is 0 Å². The summed E-state index contributed by atoms with van der Waals surface area (Å²) in [6.07, 6.45) is 2.64. The third-order valence-corrected chi connectivity index (χ3v) is 3.51. The smallest absolute Gasteiger partial charge is 0.0988 e. The summed E-state index contributed by atoms with van der Waals surface area (Å²) in [4.78, 5) is 0. The fraction of sp³-hybridized carbons (Fsp3) is 0.533. The van der Waals surface area contributed by atoms with Crippen LogP contribution in [0, 0.1) is 5.92 Å². The first-order chi connectivity index (χ1) is 8.63. The van der Waals surface area contributed by atoms with Gasteiger partial charge in [0.2, 0.25) is 0 Å². The highest BCUT2D eigenvalue weighted by Gasteiger charge is 2.18. The normalized spacial score (nSPS) is 14.9. The molecule has 0 aliphatic carbocycles. The molecule has 1 aromatic heterocycles. The van der Waals surface area contributed by atoms with Gasteiger partial charge >= 0.3 is 0 Å². The summed E-state index contributed by atoms with van der Waals surface area (Å²) in [5, 5.41) is 15.9. The SMILES string of the molecule is CCCC(C)CC(O)c1nn(C)c2ccccc12. The van der Waals surface area contributed by atoms with E-state index in [0.29, 0.717) is 5.92 Å². The van der Waals surface area contributed by atoms with Gasteiger partial charge in [0, 0.05) is 12.4 Å². The highest BCUT2D eigenvalue weighted by Crippen LogP contribution is 2.28. The molecule has 2 unspecified atom stereocenters. The monoisotopic (exact) mass is 246 g/mol. The van der Waals surface area contributed by atoms with E-state index in [1.807, 2.05) is 36.0 Å².